The zero-order valence-electron chi connectivity index (χ0n) is 13.7. The lowest BCUT2D eigenvalue weighted by Gasteiger charge is -2.35. The van der Waals surface area contributed by atoms with Crippen molar-refractivity contribution in [3.63, 3.8) is 0 Å². The molecule has 2 atom stereocenters. The summed E-state index contributed by atoms with van der Waals surface area (Å²) in [4.78, 5) is 2.27. The summed E-state index contributed by atoms with van der Waals surface area (Å²) >= 11 is 0. The third-order valence-corrected chi connectivity index (χ3v) is 6.92. The molecule has 0 N–H and O–H groups in total. The number of benzene rings is 1. The van der Waals surface area contributed by atoms with Crippen molar-refractivity contribution in [2.75, 3.05) is 38.3 Å². The predicted octanol–water partition coefficient (Wildman–Crippen LogP) is 3.20. The maximum atomic E-state index is 6.34. The Morgan fingerprint density at radius 2 is 2.18 bits per heavy atom. The van der Waals surface area contributed by atoms with Gasteiger partial charge in [-0.15, -0.1) is 6.58 Å². The van der Waals surface area contributed by atoms with Gasteiger partial charge in [0.25, 0.3) is 0 Å². The smallest absolute Gasteiger partial charge is 0.335 e. The lowest BCUT2D eigenvalue weighted by atomic mass is 10.2. The van der Waals surface area contributed by atoms with Gasteiger partial charge in [-0.25, -0.2) is 0 Å². The van der Waals surface area contributed by atoms with Crippen molar-refractivity contribution in [3.8, 4) is 0 Å². The zero-order chi connectivity index (χ0) is 15.8. The molecular formula is C17H27NO3Si. The minimum atomic E-state index is -2.08. The molecule has 0 bridgehead atoms. The topological polar surface area (TPSA) is 30.9 Å². The van der Waals surface area contributed by atoms with Gasteiger partial charge in [-0.2, -0.15) is 0 Å². The molecule has 4 nitrogen and oxygen atoms in total. The monoisotopic (exact) mass is 321 g/mol. The average molecular weight is 321 g/mol. The lowest BCUT2D eigenvalue weighted by molar-refractivity contribution is 0.0211. The van der Waals surface area contributed by atoms with Crippen LogP contribution in [0.1, 0.15) is 6.42 Å². The molecule has 1 aromatic carbocycles. The minimum Gasteiger partial charge on any atom is -0.398 e. The maximum absolute atomic E-state index is 6.34. The molecule has 2 unspecified atom stereocenters. The van der Waals surface area contributed by atoms with Crippen LogP contribution in [-0.4, -0.2) is 48.1 Å². The van der Waals surface area contributed by atoms with E-state index in [0.717, 1.165) is 32.2 Å². The molecule has 0 amide bonds. The normalized spacial score (nSPS) is 26.0. The van der Waals surface area contributed by atoms with Crippen LogP contribution in [0.3, 0.4) is 0 Å². The fraction of sp³-hybridized carbons (Fsp3) is 0.529. The second-order valence-corrected chi connectivity index (χ2v) is 9.20. The SMILES string of the molecule is C=CCN(CC1COCCC[Si](C)(OC)O1)c1ccccc1. The van der Waals surface area contributed by atoms with E-state index in [9.17, 15) is 0 Å². The van der Waals surface area contributed by atoms with Crippen molar-refractivity contribution in [2.45, 2.75) is 25.1 Å². The number of nitrogens with zero attached hydrogens (tertiary/aromatic N) is 1. The van der Waals surface area contributed by atoms with Crippen LogP contribution in [0.2, 0.25) is 12.6 Å². The molecule has 0 aliphatic carbocycles. The van der Waals surface area contributed by atoms with E-state index in [1.807, 2.05) is 12.1 Å². The maximum Gasteiger partial charge on any atom is 0.335 e. The van der Waals surface area contributed by atoms with Crippen LogP contribution in [0, 0.1) is 0 Å². The van der Waals surface area contributed by atoms with Gasteiger partial charge in [0.05, 0.1) is 12.7 Å². The summed E-state index contributed by atoms with van der Waals surface area (Å²) in [6.45, 7) is 8.99. The number of hydrogen-bond acceptors (Lipinski definition) is 4. The Kier molecular flexibility index (Phi) is 6.63. The summed E-state index contributed by atoms with van der Waals surface area (Å²) < 4.78 is 17.8. The Balaban J connectivity index is 2.08. The Hall–Kier alpha value is -1.14. The molecule has 22 heavy (non-hydrogen) atoms. The number of rotatable bonds is 6. The van der Waals surface area contributed by atoms with Gasteiger partial charge in [-0.05, 0) is 31.1 Å². The van der Waals surface area contributed by atoms with Gasteiger partial charge >= 0.3 is 8.56 Å². The lowest BCUT2D eigenvalue weighted by Crippen LogP contribution is -2.48. The van der Waals surface area contributed by atoms with Crippen molar-refractivity contribution in [3.05, 3.63) is 43.0 Å². The Labute approximate surface area is 134 Å². The molecule has 2 rings (SSSR count). The van der Waals surface area contributed by atoms with Gasteiger partial charge in [0.15, 0.2) is 0 Å². The predicted molar refractivity (Wildman–Crippen MR) is 92.6 cm³/mol. The number of para-hydroxylation sites is 1. The average Bonchev–Trinajstić information content (AvgIpc) is 2.52. The highest BCUT2D eigenvalue weighted by Gasteiger charge is 2.35. The first-order chi connectivity index (χ1) is 10.7. The Morgan fingerprint density at radius 1 is 1.41 bits per heavy atom. The highest BCUT2D eigenvalue weighted by Crippen LogP contribution is 2.22. The molecule has 0 spiro atoms. The third-order valence-electron chi connectivity index (χ3n) is 3.97. The Morgan fingerprint density at radius 3 is 2.86 bits per heavy atom. The van der Waals surface area contributed by atoms with Crippen LogP contribution < -0.4 is 4.90 Å². The highest BCUT2D eigenvalue weighted by molar-refractivity contribution is 6.66. The van der Waals surface area contributed by atoms with E-state index in [4.69, 9.17) is 13.6 Å². The number of ether oxygens (including phenoxy) is 1. The largest absolute Gasteiger partial charge is 0.398 e. The van der Waals surface area contributed by atoms with Crippen molar-refractivity contribution >= 4 is 14.2 Å². The summed E-state index contributed by atoms with van der Waals surface area (Å²) in [6.07, 6.45) is 2.96. The molecular weight excluding hydrogens is 294 g/mol. The summed E-state index contributed by atoms with van der Waals surface area (Å²) in [5, 5.41) is 0. The van der Waals surface area contributed by atoms with Crippen LogP contribution in [0.4, 0.5) is 5.69 Å². The van der Waals surface area contributed by atoms with E-state index < -0.39 is 8.56 Å². The van der Waals surface area contributed by atoms with Gasteiger partial charge in [-0.1, -0.05) is 24.3 Å². The first-order valence-electron chi connectivity index (χ1n) is 7.88. The van der Waals surface area contributed by atoms with Crippen molar-refractivity contribution in [1.29, 1.82) is 0 Å². The van der Waals surface area contributed by atoms with E-state index >= 15 is 0 Å². The summed E-state index contributed by atoms with van der Waals surface area (Å²) in [7, 11) is -0.311. The zero-order valence-corrected chi connectivity index (χ0v) is 14.7. The van der Waals surface area contributed by atoms with Crippen molar-refractivity contribution in [1.82, 2.24) is 0 Å². The van der Waals surface area contributed by atoms with E-state index in [0.29, 0.717) is 6.61 Å². The van der Waals surface area contributed by atoms with Crippen molar-refractivity contribution in [2.24, 2.45) is 0 Å². The van der Waals surface area contributed by atoms with Crippen LogP contribution in [0.25, 0.3) is 0 Å². The van der Waals surface area contributed by atoms with Gasteiger partial charge in [0.1, 0.15) is 0 Å². The number of anilines is 1. The van der Waals surface area contributed by atoms with Crippen LogP contribution in [-0.2, 0) is 13.6 Å². The molecule has 1 saturated heterocycles. The van der Waals surface area contributed by atoms with Crippen LogP contribution in [0.15, 0.2) is 43.0 Å². The van der Waals surface area contributed by atoms with Gasteiger partial charge < -0.3 is 18.5 Å². The van der Waals surface area contributed by atoms with Gasteiger partial charge in [0, 0.05) is 32.5 Å². The highest BCUT2D eigenvalue weighted by atomic mass is 28.4. The summed E-state index contributed by atoms with van der Waals surface area (Å²) in [6, 6.07) is 11.3. The molecule has 1 heterocycles. The molecule has 1 aliphatic heterocycles. The van der Waals surface area contributed by atoms with Gasteiger partial charge in [-0.3, -0.25) is 0 Å². The van der Waals surface area contributed by atoms with Gasteiger partial charge in [0.2, 0.25) is 0 Å². The first-order valence-corrected chi connectivity index (χ1v) is 10.4. The molecule has 122 valence electrons. The number of hydrogen-bond donors (Lipinski definition) is 0. The van der Waals surface area contributed by atoms with E-state index in [1.54, 1.807) is 7.11 Å². The minimum absolute atomic E-state index is 0.0251. The van der Waals surface area contributed by atoms with E-state index in [1.165, 1.54) is 5.69 Å². The van der Waals surface area contributed by atoms with Crippen molar-refractivity contribution < 1.29 is 13.6 Å². The fourth-order valence-corrected chi connectivity index (χ4v) is 4.77. The standard InChI is InChI=1S/C17H27NO3Si/c1-4-11-18(16-9-6-5-7-10-16)14-17-15-20-12-8-13-22(3,19-2)21-17/h4-7,9-10,17H,1,8,11-15H2,2-3H3. The quantitative estimate of drug-likeness (QED) is 0.595. The first kappa shape index (κ1) is 17.2. The molecule has 5 heteroatoms. The molecule has 0 aromatic heterocycles. The van der Waals surface area contributed by atoms with E-state index in [2.05, 4.69) is 42.3 Å². The fourth-order valence-electron chi connectivity index (χ4n) is 2.72. The molecule has 0 saturated carbocycles. The Bertz CT molecular complexity index is 456. The van der Waals surface area contributed by atoms with Crippen LogP contribution in [0.5, 0.6) is 0 Å². The molecule has 1 aliphatic rings. The van der Waals surface area contributed by atoms with Crippen LogP contribution >= 0.6 is 0 Å². The third kappa shape index (κ3) is 4.95. The second kappa shape index (κ2) is 8.48. The molecule has 1 aromatic rings. The molecule has 0 radical (unpaired) electrons. The summed E-state index contributed by atoms with van der Waals surface area (Å²) in [5.74, 6) is 0. The summed E-state index contributed by atoms with van der Waals surface area (Å²) in [5.41, 5.74) is 1.17. The van der Waals surface area contributed by atoms with E-state index in [-0.39, 0.29) is 6.10 Å². The molecule has 1 fully saturated rings. The second-order valence-electron chi connectivity index (χ2n) is 5.79.